The zero-order valence-electron chi connectivity index (χ0n) is 13.9. The fourth-order valence-corrected chi connectivity index (χ4v) is 2.85. The van der Waals surface area contributed by atoms with Gasteiger partial charge in [0, 0.05) is 43.4 Å². The van der Waals surface area contributed by atoms with Crippen molar-refractivity contribution in [3.8, 4) is 5.69 Å². The van der Waals surface area contributed by atoms with Crippen LogP contribution >= 0.6 is 0 Å². The lowest BCUT2D eigenvalue weighted by Crippen LogP contribution is -2.43. The molecule has 1 aliphatic rings. The SMILES string of the molecule is CC(NCC(=O)NC1CCOCC1)c1cccc(-n2ccnc2)c1. The predicted octanol–water partition coefficient (Wildman–Crippen LogP) is 1.82. The standard InChI is InChI=1S/C18H24N4O2/c1-14(20-12-18(23)21-16-5-9-24-10-6-16)15-3-2-4-17(11-15)22-8-7-19-13-22/h2-4,7-8,11,13-14,16,20H,5-6,9-10,12H2,1H3,(H,21,23). The molecular formula is C18H24N4O2. The molecule has 2 heterocycles. The molecule has 2 aromatic rings. The van der Waals surface area contributed by atoms with Gasteiger partial charge in [-0.25, -0.2) is 4.98 Å². The highest BCUT2D eigenvalue weighted by molar-refractivity contribution is 5.78. The van der Waals surface area contributed by atoms with Crippen molar-refractivity contribution in [1.82, 2.24) is 20.2 Å². The molecule has 128 valence electrons. The van der Waals surface area contributed by atoms with Crippen LogP contribution in [-0.4, -0.2) is 41.3 Å². The summed E-state index contributed by atoms with van der Waals surface area (Å²) in [4.78, 5) is 16.1. The third-order valence-electron chi connectivity index (χ3n) is 4.33. The minimum Gasteiger partial charge on any atom is -0.381 e. The average molecular weight is 328 g/mol. The van der Waals surface area contributed by atoms with Crippen molar-refractivity contribution in [1.29, 1.82) is 0 Å². The van der Waals surface area contributed by atoms with Crippen LogP contribution in [0.25, 0.3) is 5.69 Å². The highest BCUT2D eigenvalue weighted by Crippen LogP contribution is 2.16. The largest absolute Gasteiger partial charge is 0.381 e. The van der Waals surface area contributed by atoms with E-state index in [4.69, 9.17) is 4.74 Å². The van der Waals surface area contributed by atoms with Crippen molar-refractivity contribution >= 4 is 5.91 Å². The van der Waals surface area contributed by atoms with Gasteiger partial charge in [0.15, 0.2) is 0 Å². The Kier molecular flexibility index (Phi) is 5.61. The van der Waals surface area contributed by atoms with Crippen LogP contribution in [0.15, 0.2) is 43.0 Å². The molecule has 0 spiro atoms. The van der Waals surface area contributed by atoms with Crippen molar-refractivity contribution in [2.24, 2.45) is 0 Å². The van der Waals surface area contributed by atoms with Gasteiger partial charge in [0.1, 0.15) is 0 Å². The van der Waals surface area contributed by atoms with Gasteiger partial charge < -0.3 is 19.9 Å². The molecule has 1 unspecified atom stereocenters. The van der Waals surface area contributed by atoms with Crippen LogP contribution in [0.3, 0.4) is 0 Å². The Morgan fingerprint density at radius 1 is 1.42 bits per heavy atom. The number of carbonyl (C=O) groups excluding carboxylic acids is 1. The minimum absolute atomic E-state index is 0.0412. The number of nitrogens with zero attached hydrogens (tertiary/aromatic N) is 2. The second kappa shape index (κ2) is 8.08. The Balaban J connectivity index is 1.52. The highest BCUT2D eigenvalue weighted by Gasteiger charge is 2.16. The molecule has 3 rings (SSSR count). The van der Waals surface area contributed by atoms with Crippen molar-refractivity contribution < 1.29 is 9.53 Å². The molecule has 6 heteroatoms. The zero-order valence-corrected chi connectivity index (χ0v) is 13.9. The second-order valence-electron chi connectivity index (χ2n) is 6.12. The second-order valence-corrected chi connectivity index (χ2v) is 6.12. The maximum absolute atomic E-state index is 12.1. The summed E-state index contributed by atoms with van der Waals surface area (Å²) in [5.74, 6) is 0.0412. The van der Waals surface area contributed by atoms with E-state index < -0.39 is 0 Å². The number of carbonyl (C=O) groups is 1. The number of hydrogen-bond acceptors (Lipinski definition) is 4. The Morgan fingerprint density at radius 3 is 3.00 bits per heavy atom. The first-order chi connectivity index (χ1) is 11.7. The van der Waals surface area contributed by atoms with Crippen LogP contribution in [0.2, 0.25) is 0 Å². The van der Waals surface area contributed by atoms with E-state index in [0.717, 1.165) is 37.3 Å². The molecular weight excluding hydrogens is 304 g/mol. The van der Waals surface area contributed by atoms with Crippen LogP contribution in [0, 0.1) is 0 Å². The van der Waals surface area contributed by atoms with Crippen molar-refractivity contribution in [2.45, 2.75) is 31.8 Å². The van der Waals surface area contributed by atoms with Crippen LogP contribution in [-0.2, 0) is 9.53 Å². The van der Waals surface area contributed by atoms with Gasteiger partial charge in [0.25, 0.3) is 0 Å². The Hall–Kier alpha value is -2.18. The Morgan fingerprint density at radius 2 is 2.25 bits per heavy atom. The lowest BCUT2D eigenvalue weighted by molar-refractivity contribution is -0.121. The number of ether oxygens (including phenoxy) is 1. The van der Waals surface area contributed by atoms with Gasteiger partial charge in [0.05, 0.1) is 12.9 Å². The minimum atomic E-state index is 0.0412. The third kappa shape index (κ3) is 4.43. The maximum atomic E-state index is 12.1. The van der Waals surface area contributed by atoms with Crippen molar-refractivity contribution in [3.05, 3.63) is 48.5 Å². The van der Waals surface area contributed by atoms with Gasteiger partial charge in [0.2, 0.25) is 5.91 Å². The van der Waals surface area contributed by atoms with E-state index in [1.807, 2.05) is 22.9 Å². The summed E-state index contributed by atoms with van der Waals surface area (Å²) in [5, 5.41) is 6.36. The van der Waals surface area contributed by atoms with Gasteiger partial charge in [-0.05, 0) is 37.5 Å². The molecule has 2 N–H and O–H groups in total. The number of aromatic nitrogens is 2. The van der Waals surface area contributed by atoms with Crippen LogP contribution in [0.5, 0.6) is 0 Å². The van der Waals surface area contributed by atoms with E-state index in [0.29, 0.717) is 6.54 Å². The summed E-state index contributed by atoms with van der Waals surface area (Å²) in [6.07, 6.45) is 7.24. The smallest absolute Gasteiger partial charge is 0.234 e. The van der Waals surface area contributed by atoms with Crippen LogP contribution in [0.4, 0.5) is 0 Å². The summed E-state index contributed by atoms with van der Waals surface area (Å²) in [7, 11) is 0. The number of rotatable bonds is 6. The summed E-state index contributed by atoms with van der Waals surface area (Å²) in [6, 6.07) is 8.56. The Labute approximate surface area is 142 Å². The zero-order chi connectivity index (χ0) is 16.8. The highest BCUT2D eigenvalue weighted by atomic mass is 16.5. The van der Waals surface area contributed by atoms with Gasteiger partial charge in [-0.1, -0.05) is 12.1 Å². The lowest BCUT2D eigenvalue weighted by atomic mass is 10.1. The normalized spacial score (nSPS) is 16.7. The van der Waals surface area contributed by atoms with E-state index in [1.54, 1.807) is 12.5 Å². The van der Waals surface area contributed by atoms with E-state index in [-0.39, 0.29) is 18.0 Å². The summed E-state index contributed by atoms with van der Waals surface area (Å²) < 4.78 is 7.27. The molecule has 1 aliphatic heterocycles. The molecule has 1 fully saturated rings. The van der Waals surface area contributed by atoms with Crippen molar-refractivity contribution in [3.63, 3.8) is 0 Å². The van der Waals surface area contributed by atoms with Crippen molar-refractivity contribution in [2.75, 3.05) is 19.8 Å². The number of benzene rings is 1. The molecule has 0 bridgehead atoms. The third-order valence-corrected chi connectivity index (χ3v) is 4.33. The number of nitrogens with one attached hydrogen (secondary N) is 2. The molecule has 1 amide bonds. The van der Waals surface area contributed by atoms with Crippen LogP contribution in [0.1, 0.15) is 31.4 Å². The van der Waals surface area contributed by atoms with Crippen LogP contribution < -0.4 is 10.6 Å². The molecule has 0 radical (unpaired) electrons. The monoisotopic (exact) mass is 328 g/mol. The Bertz CT molecular complexity index is 651. The molecule has 1 aromatic carbocycles. The molecule has 6 nitrogen and oxygen atoms in total. The number of amides is 1. The molecule has 0 saturated carbocycles. The quantitative estimate of drug-likeness (QED) is 0.849. The summed E-state index contributed by atoms with van der Waals surface area (Å²) >= 11 is 0. The van der Waals surface area contributed by atoms with Gasteiger partial charge in [-0.3, -0.25) is 4.79 Å². The van der Waals surface area contributed by atoms with Gasteiger partial charge in [-0.2, -0.15) is 0 Å². The van der Waals surface area contributed by atoms with Gasteiger partial charge in [-0.15, -0.1) is 0 Å². The molecule has 1 saturated heterocycles. The fraction of sp³-hybridized carbons (Fsp3) is 0.444. The first-order valence-electron chi connectivity index (χ1n) is 8.41. The molecule has 24 heavy (non-hydrogen) atoms. The lowest BCUT2D eigenvalue weighted by Gasteiger charge is -2.23. The topological polar surface area (TPSA) is 68.2 Å². The summed E-state index contributed by atoms with van der Waals surface area (Å²) in [5.41, 5.74) is 2.20. The van der Waals surface area contributed by atoms with E-state index in [2.05, 4.69) is 34.7 Å². The van der Waals surface area contributed by atoms with E-state index in [9.17, 15) is 4.79 Å². The van der Waals surface area contributed by atoms with E-state index >= 15 is 0 Å². The first kappa shape index (κ1) is 16.7. The first-order valence-corrected chi connectivity index (χ1v) is 8.41. The molecule has 1 atom stereocenters. The predicted molar refractivity (Wildman–Crippen MR) is 92.0 cm³/mol. The molecule has 0 aliphatic carbocycles. The summed E-state index contributed by atoms with van der Waals surface area (Å²) in [6.45, 7) is 3.84. The fourth-order valence-electron chi connectivity index (χ4n) is 2.85. The molecule has 1 aromatic heterocycles. The van der Waals surface area contributed by atoms with E-state index in [1.165, 1.54) is 0 Å². The average Bonchev–Trinajstić information content (AvgIpc) is 3.15. The number of hydrogen-bond donors (Lipinski definition) is 2. The number of imidazole rings is 1. The van der Waals surface area contributed by atoms with Gasteiger partial charge >= 0.3 is 0 Å². The maximum Gasteiger partial charge on any atom is 0.234 e.